The fraction of sp³-hybridized carbons (Fsp3) is 0.556. The normalized spacial score (nSPS) is 15.2. The van der Waals surface area contributed by atoms with Crippen LogP contribution in [-0.2, 0) is 4.79 Å². The van der Waals surface area contributed by atoms with E-state index in [1.165, 1.54) is 0 Å². The largest absolute Gasteiger partial charge is 0.497 e. The molecule has 1 fully saturated rings. The molecule has 1 aromatic carbocycles. The molecule has 1 aromatic heterocycles. The number of methoxy groups -OCH3 is 1. The summed E-state index contributed by atoms with van der Waals surface area (Å²) in [5.41, 5.74) is 1.36. The van der Waals surface area contributed by atoms with Gasteiger partial charge in [-0.25, -0.2) is 4.79 Å². The van der Waals surface area contributed by atoms with Crippen molar-refractivity contribution in [2.75, 3.05) is 44.7 Å². The third kappa shape index (κ3) is 7.32. The molecule has 3 amide bonds. The Morgan fingerprint density at radius 1 is 1.11 bits per heavy atom. The fourth-order valence-electron chi connectivity index (χ4n) is 4.11. The van der Waals surface area contributed by atoms with Gasteiger partial charge in [0.1, 0.15) is 12.3 Å². The highest BCUT2D eigenvalue weighted by molar-refractivity contribution is 5.84. The van der Waals surface area contributed by atoms with Crippen molar-refractivity contribution in [3.05, 3.63) is 36.4 Å². The van der Waals surface area contributed by atoms with Crippen LogP contribution in [0.15, 0.2) is 36.4 Å². The Bertz CT molecular complexity index is 1020. The van der Waals surface area contributed by atoms with Gasteiger partial charge in [0.25, 0.3) is 0 Å². The van der Waals surface area contributed by atoms with Crippen LogP contribution in [0.5, 0.6) is 5.75 Å². The predicted octanol–water partition coefficient (Wildman–Crippen LogP) is 3.80. The number of rotatable bonds is 7. The number of nitrogens with one attached hydrogen (secondary N) is 1. The van der Waals surface area contributed by atoms with Crippen LogP contribution < -0.4 is 15.0 Å². The Balaban J connectivity index is 1.62. The van der Waals surface area contributed by atoms with Gasteiger partial charge in [0.15, 0.2) is 5.82 Å². The zero-order valence-electron chi connectivity index (χ0n) is 22.5. The summed E-state index contributed by atoms with van der Waals surface area (Å²) >= 11 is 0. The minimum atomic E-state index is -0.363. The van der Waals surface area contributed by atoms with Crippen molar-refractivity contribution in [2.45, 2.75) is 59.0 Å². The first-order chi connectivity index (χ1) is 17.1. The number of carbonyl (C=O) groups excluding carboxylic acids is 2. The SMILES string of the molecule is CC[C@@H](C)N(CC(=O)N1CCCN(c2ccc(-c3cccc(OC)c3)nn2)CC1)C(=O)NC(C)(C)C. The van der Waals surface area contributed by atoms with Gasteiger partial charge in [0.2, 0.25) is 5.91 Å². The van der Waals surface area contributed by atoms with Crippen LogP contribution in [0, 0.1) is 0 Å². The molecule has 0 saturated carbocycles. The van der Waals surface area contributed by atoms with Gasteiger partial charge in [-0.05, 0) is 64.8 Å². The Morgan fingerprint density at radius 3 is 2.53 bits per heavy atom. The van der Waals surface area contributed by atoms with Crippen molar-refractivity contribution < 1.29 is 14.3 Å². The van der Waals surface area contributed by atoms with E-state index in [1.54, 1.807) is 12.0 Å². The van der Waals surface area contributed by atoms with Crippen LogP contribution in [0.25, 0.3) is 11.3 Å². The lowest BCUT2D eigenvalue weighted by Gasteiger charge is -2.33. The number of anilines is 1. The van der Waals surface area contributed by atoms with Gasteiger partial charge < -0.3 is 24.8 Å². The van der Waals surface area contributed by atoms with E-state index in [9.17, 15) is 9.59 Å². The lowest BCUT2D eigenvalue weighted by molar-refractivity contribution is -0.132. The number of urea groups is 1. The summed E-state index contributed by atoms with van der Waals surface area (Å²) in [5.74, 6) is 1.54. The molecule has 196 valence electrons. The molecule has 2 aromatic rings. The number of amides is 3. The third-order valence-electron chi connectivity index (χ3n) is 6.36. The highest BCUT2D eigenvalue weighted by Gasteiger charge is 2.28. The van der Waals surface area contributed by atoms with E-state index in [0.717, 1.165) is 42.2 Å². The summed E-state index contributed by atoms with van der Waals surface area (Å²) in [5, 5.41) is 11.9. The number of ether oxygens (including phenoxy) is 1. The monoisotopic (exact) mass is 496 g/mol. The molecule has 2 heterocycles. The first-order valence-corrected chi connectivity index (χ1v) is 12.7. The highest BCUT2D eigenvalue weighted by atomic mass is 16.5. The number of benzene rings is 1. The Kier molecular flexibility index (Phi) is 9.12. The van der Waals surface area contributed by atoms with Gasteiger partial charge in [-0.3, -0.25) is 4.79 Å². The third-order valence-corrected chi connectivity index (χ3v) is 6.36. The van der Waals surface area contributed by atoms with E-state index in [0.29, 0.717) is 19.6 Å². The summed E-state index contributed by atoms with van der Waals surface area (Å²) in [6, 6.07) is 11.4. The quantitative estimate of drug-likeness (QED) is 0.627. The molecule has 9 nitrogen and oxygen atoms in total. The number of carbonyl (C=O) groups is 2. The van der Waals surface area contributed by atoms with Gasteiger partial charge in [0.05, 0.1) is 12.8 Å². The molecular weight excluding hydrogens is 456 g/mol. The molecule has 9 heteroatoms. The molecule has 1 aliphatic rings. The average molecular weight is 497 g/mol. The first-order valence-electron chi connectivity index (χ1n) is 12.7. The standard InChI is InChI=1S/C27H40N6O3/c1-7-20(2)33(26(35)28-27(3,4)5)19-25(34)32-15-9-14-31(16-17-32)24-13-12-23(29-30-24)21-10-8-11-22(18-21)36-6/h8,10-13,18,20H,7,9,14-17,19H2,1-6H3,(H,28,35)/t20-/m1/s1. The lowest BCUT2D eigenvalue weighted by atomic mass is 10.1. The maximum atomic E-state index is 13.2. The van der Waals surface area contributed by atoms with Crippen LogP contribution >= 0.6 is 0 Å². The van der Waals surface area contributed by atoms with E-state index >= 15 is 0 Å². The first kappa shape index (κ1) is 27.2. The fourth-order valence-corrected chi connectivity index (χ4v) is 4.11. The van der Waals surface area contributed by atoms with E-state index in [4.69, 9.17) is 4.74 Å². The van der Waals surface area contributed by atoms with Crippen molar-refractivity contribution in [1.82, 2.24) is 25.3 Å². The van der Waals surface area contributed by atoms with Crippen molar-refractivity contribution in [1.29, 1.82) is 0 Å². The molecule has 36 heavy (non-hydrogen) atoms. The van der Waals surface area contributed by atoms with E-state index in [1.807, 2.05) is 75.9 Å². The van der Waals surface area contributed by atoms with Crippen molar-refractivity contribution >= 4 is 17.8 Å². The number of hydrogen-bond acceptors (Lipinski definition) is 6. The average Bonchev–Trinajstić information content (AvgIpc) is 3.12. The Morgan fingerprint density at radius 2 is 1.89 bits per heavy atom. The molecular formula is C27H40N6O3. The zero-order valence-corrected chi connectivity index (χ0v) is 22.5. The van der Waals surface area contributed by atoms with Gasteiger partial charge in [-0.2, -0.15) is 0 Å². The number of aromatic nitrogens is 2. The van der Waals surface area contributed by atoms with E-state index in [-0.39, 0.29) is 30.1 Å². The molecule has 0 aliphatic carbocycles. The Labute approximate surface area is 214 Å². The van der Waals surface area contributed by atoms with Crippen LogP contribution in [-0.4, -0.2) is 83.3 Å². The molecule has 1 N–H and O–H groups in total. The summed E-state index contributed by atoms with van der Waals surface area (Å²) in [6.07, 6.45) is 1.60. The van der Waals surface area contributed by atoms with Crippen molar-refractivity contribution in [3.8, 4) is 17.0 Å². The molecule has 1 atom stereocenters. The van der Waals surface area contributed by atoms with Gasteiger partial charge in [0, 0.05) is 43.3 Å². The maximum absolute atomic E-state index is 13.2. The smallest absolute Gasteiger partial charge is 0.318 e. The summed E-state index contributed by atoms with van der Waals surface area (Å²) < 4.78 is 5.30. The second-order valence-corrected chi connectivity index (χ2v) is 10.3. The van der Waals surface area contributed by atoms with Crippen LogP contribution in [0.4, 0.5) is 10.6 Å². The van der Waals surface area contributed by atoms with E-state index < -0.39 is 0 Å². The Hall–Kier alpha value is -3.36. The second-order valence-electron chi connectivity index (χ2n) is 10.3. The topological polar surface area (TPSA) is 90.9 Å². The van der Waals surface area contributed by atoms with Gasteiger partial charge in [-0.15, -0.1) is 10.2 Å². The zero-order chi connectivity index (χ0) is 26.3. The predicted molar refractivity (Wildman–Crippen MR) is 142 cm³/mol. The number of hydrogen-bond donors (Lipinski definition) is 1. The number of nitrogens with zero attached hydrogens (tertiary/aromatic N) is 5. The molecule has 1 aliphatic heterocycles. The van der Waals surface area contributed by atoms with Crippen molar-refractivity contribution in [3.63, 3.8) is 0 Å². The van der Waals surface area contributed by atoms with Gasteiger partial charge in [-0.1, -0.05) is 19.1 Å². The van der Waals surface area contributed by atoms with Gasteiger partial charge >= 0.3 is 6.03 Å². The minimum absolute atomic E-state index is 0.0272. The van der Waals surface area contributed by atoms with Crippen LogP contribution in [0.2, 0.25) is 0 Å². The van der Waals surface area contributed by atoms with Crippen LogP contribution in [0.1, 0.15) is 47.5 Å². The molecule has 0 spiro atoms. The highest BCUT2D eigenvalue weighted by Crippen LogP contribution is 2.23. The molecule has 0 bridgehead atoms. The van der Waals surface area contributed by atoms with Crippen LogP contribution in [0.3, 0.4) is 0 Å². The summed E-state index contributed by atoms with van der Waals surface area (Å²) in [4.78, 5) is 31.7. The molecule has 1 saturated heterocycles. The molecule has 3 rings (SSSR count). The minimum Gasteiger partial charge on any atom is -0.497 e. The van der Waals surface area contributed by atoms with E-state index in [2.05, 4.69) is 20.4 Å². The summed E-state index contributed by atoms with van der Waals surface area (Å²) in [7, 11) is 1.64. The van der Waals surface area contributed by atoms with Crippen molar-refractivity contribution in [2.24, 2.45) is 0 Å². The molecule has 0 radical (unpaired) electrons. The molecule has 0 unspecified atom stereocenters. The maximum Gasteiger partial charge on any atom is 0.318 e. The summed E-state index contributed by atoms with van der Waals surface area (Å²) in [6.45, 7) is 12.6. The second kappa shape index (κ2) is 12.1. The lowest BCUT2D eigenvalue weighted by Crippen LogP contribution is -2.54.